The van der Waals surface area contributed by atoms with E-state index in [4.69, 9.17) is 23.7 Å². The van der Waals surface area contributed by atoms with E-state index < -0.39 is 11.6 Å². The Hall–Kier alpha value is -1.64. The molecule has 0 N–H and O–H groups in total. The maximum atomic E-state index is 11.7. The molecule has 0 saturated carbocycles. The van der Waals surface area contributed by atoms with E-state index in [0.717, 1.165) is 6.08 Å². The Bertz CT molecular complexity index is 393. The first-order valence-electron chi connectivity index (χ1n) is 8.23. The fraction of sp³-hybridized carbons (Fsp3) is 0.765. The van der Waals surface area contributed by atoms with Crippen molar-refractivity contribution in [2.75, 3.05) is 59.8 Å². The number of carbonyl (C=O) groups excluding carboxylic acids is 2. The van der Waals surface area contributed by atoms with Gasteiger partial charge in [0.1, 0.15) is 12.2 Å². The molecule has 0 spiro atoms. The molecule has 0 aliphatic carbocycles. The second-order valence-electron chi connectivity index (χ2n) is 6.11. The average molecular weight is 361 g/mol. The Labute approximate surface area is 150 Å². The molecule has 0 aromatic heterocycles. The van der Waals surface area contributed by atoms with Crippen LogP contribution in [0.1, 0.15) is 20.8 Å². The molecule has 0 rings (SSSR count). The Morgan fingerprint density at radius 2 is 1.40 bits per heavy atom. The van der Waals surface area contributed by atoms with Gasteiger partial charge in [-0.15, -0.1) is 0 Å². The van der Waals surface area contributed by atoms with Crippen molar-refractivity contribution in [1.29, 1.82) is 0 Å². The largest absolute Gasteiger partial charge is 0.460 e. The van der Waals surface area contributed by atoms with Crippen LogP contribution in [0.5, 0.6) is 0 Å². The number of hydrogen-bond acceptors (Lipinski definition) is 7. The van der Waals surface area contributed by atoms with Gasteiger partial charge in [-0.1, -0.05) is 6.58 Å². The average Bonchev–Trinajstić information content (AvgIpc) is 2.53. The fourth-order valence-electron chi connectivity index (χ4n) is 1.43. The van der Waals surface area contributed by atoms with Crippen molar-refractivity contribution in [2.24, 2.45) is 0 Å². The van der Waals surface area contributed by atoms with Gasteiger partial charge in [0.15, 0.2) is 0 Å². The lowest BCUT2D eigenvalue weighted by Gasteiger charge is -2.24. The highest BCUT2D eigenvalue weighted by molar-refractivity contribution is 5.81. The van der Waals surface area contributed by atoms with E-state index in [0.29, 0.717) is 46.2 Å². The molecule has 0 unspecified atom stereocenters. The molecule has 0 aromatic rings. The van der Waals surface area contributed by atoms with Gasteiger partial charge in [0.25, 0.3) is 0 Å². The second-order valence-corrected chi connectivity index (χ2v) is 6.11. The van der Waals surface area contributed by atoms with E-state index in [9.17, 15) is 9.59 Å². The summed E-state index contributed by atoms with van der Waals surface area (Å²) in [5.41, 5.74) is -0.505. The first kappa shape index (κ1) is 23.4. The number of ether oxygens (including phenoxy) is 5. The summed E-state index contributed by atoms with van der Waals surface area (Å²) in [7, 11) is 1.66. The molecule has 0 fully saturated rings. The van der Waals surface area contributed by atoms with E-state index in [1.165, 1.54) is 4.90 Å². The number of nitrogens with zero attached hydrogens (tertiary/aromatic N) is 1. The molecule has 0 atom stereocenters. The third-order valence-electron chi connectivity index (χ3n) is 2.66. The van der Waals surface area contributed by atoms with Crippen molar-refractivity contribution in [3.05, 3.63) is 12.7 Å². The summed E-state index contributed by atoms with van der Waals surface area (Å²) in [5, 5.41) is 0. The van der Waals surface area contributed by atoms with Gasteiger partial charge in [-0.25, -0.2) is 9.59 Å². The standard InChI is InChI=1S/C17H31NO7/c1-6-15(19)24-14-13-23-12-11-22-10-9-21-8-7-18(5)16(20)25-17(2,3)4/h6H,1,7-14H2,2-5H3. The lowest BCUT2D eigenvalue weighted by molar-refractivity contribution is -0.139. The molecule has 0 aromatic carbocycles. The highest BCUT2D eigenvalue weighted by Crippen LogP contribution is 2.08. The van der Waals surface area contributed by atoms with Gasteiger partial charge in [-0.2, -0.15) is 0 Å². The molecule has 0 radical (unpaired) electrons. The molecule has 25 heavy (non-hydrogen) atoms. The normalized spacial score (nSPS) is 11.0. The minimum absolute atomic E-state index is 0.194. The Morgan fingerprint density at radius 3 is 1.88 bits per heavy atom. The molecular formula is C17H31NO7. The van der Waals surface area contributed by atoms with Crippen molar-refractivity contribution in [2.45, 2.75) is 26.4 Å². The lowest BCUT2D eigenvalue weighted by atomic mass is 10.2. The molecule has 0 aliphatic heterocycles. The minimum atomic E-state index is -0.505. The maximum absolute atomic E-state index is 11.7. The van der Waals surface area contributed by atoms with Crippen LogP contribution < -0.4 is 0 Å². The molecule has 146 valence electrons. The van der Waals surface area contributed by atoms with Crippen LogP contribution in [0.4, 0.5) is 4.79 Å². The Balaban J connectivity index is 3.37. The highest BCUT2D eigenvalue weighted by Gasteiger charge is 2.19. The molecule has 8 nitrogen and oxygen atoms in total. The SMILES string of the molecule is C=CC(=O)OCCOCCOCCOCCN(C)C(=O)OC(C)(C)C. The summed E-state index contributed by atoms with van der Waals surface area (Å²) < 4.78 is 25.9. The van der Waals surface area contributed by atoms with E-state index in [1.54, 1.807) is 7.05 Å². The first-order valence-corrected chi connectivity index (χ1v) is 8.23. The summed E-state index contributed by atoms with van der Waals surface area (Å²) >= 11 is 0. The zero-order chi connectivity index (χ0) is 19.1. The van der Waals surface area contributed by atoms with Crippen LogP contribution in [0.25, 0.3) is 0 Å². The van der Waals surface area contributed by atoms with Gasteiger partial charge in [0.2, 0.25) is 0 Å². The summed E-state index contributed by atoms with van der Waals surface area (Å²) in [6.45, 7) is 11.8. The number of amides is 1. The van der Waals surface area contributed by atoms with Crippen LogP contribution in [0.3, 0.4) is 0 Å². The minimum Gasteiger partial charge on any atom is -0.460 e. The maximum Gasteiger partial charge on any atom is 0.410 e. The smallest absolute Gasteiger partial charge is 0.410 e. The molecule has 0 aliphatic rings. The van der Waals surface area contributed by atoms with Crippen molar-refractivity contribution in [1.82, 2.24) is 4.90 Å². The summed E-state index contributed by atoms with van der Waals surface area (Å²) in [6, 6.07) is 0. The molecule has 0 heterocycles. The van der Waals surface area contributed by atoms with Crippen LogP contribution >= 0.6 is 0 Å². The van der Waals surface area contributed by atoms with Crippen LogP contribution in [-0.2, 0) is 28.5 Å². The van der Waals surface area contributed by atoms with Gasteiger partial charge in [-0.3, -0.25) is 0 Å². The Kier molecular flexibility index (Phi) is 12.7. The number of hydrogen-bond donors (Lipinski definition) is 0. The van der Waals surface area contributed by atoms with E-state index in [2.05, 4.69) is 6.58 Å². The van der Waals surface area contributed by atoms with Gasteiger partial charge < -0.3 is 28.6 Å². The van der Waals surface area contributed by atoms with Crippen molar-refractivity contribution >= 4 is 12.1 Å². The fourth-order valence-corrected chi connectivity index (χ4v) is 1.43. The van der Waals surface area contributed by atoms with Gasteiger partial charge in [-0.05, 0) is 20.8 Å². The first-order chi connectivity index (χ1) is 11.8. The zero-order valence-corrected chi connectivity index (χ0v) is 15.7. The number of rotatable bonds is 13. The van der Waals surface area contributed by atoms with Crippen LogP contribution in [0.15, 0.2) is 12.7 Å². The number of carbonyl (C=O) groups is 2. The summed E-state index contributed by atoms with van der Waals surface area (Å²) in [6.07, 6.45) is 0.734. The van der Waals surface area contributed by atoms with Gasteiger partial charge in [0.05, 0.1) is 39.6 Å². The van der Waals surface area contributed by atoms with E-state index in [1.807, 2.05) is 20.8 Å². The lowest BCUT2D eigenvalue weighted by Crippen LogP contribution is -2.36. The van der Waals surface area contributed by atoms with Crippen LogP contribution in [0, 0.1) is 0 Å². The van der Waals surface area contributed by atoms with Crippen LogP contribution in [0.2, 0.25) is 0 Å². The van der Waals surface area contributed by atoms with Crippen LogP contribution in [-0.4, -0.2) is 82.4 Å². The third kappa shape index (κ3) is 15.6. The van der Waals surface area contributed by atoms with Crippen molar-refractivity contribution < 1.29 is 33.3 Å². The third-order valence-corrected chi connectivity index (χ3v) is 2.66. The predicted octanol–water partition coefficient (Wildman–Crippen LogP) is 1.63. The molecule has 0 saturated heterocycles. The van der Waals surface area contributed by atoms with Crippen molar-refractivity contribution in [3.63, 3.8) is 0 Å². The second kappa shape index (κ2) is 13.6. The molecule has 1 amide bonds. The summed E-state index contributed by atoms with van der Waals surface area (Å²) in [5.74, 6) is -0.464. The molecule has 8 heteroatoms. The zero-order valence-electron chi connectivity index (χ0n) is 15.7. The van der Waals surface area contributed by atoms with E-state index >= 15 is 0 Å². The number of esters is 1. The van der Waals surface area contributed by atoms with E-state index in [-0.39, 0.29) is 12.7 Å². The predicted molar refractivity (Wildman–Crippen MR) is 92.5 cm³/mol. The quantitative estimate of drug-likeness (QED) is 0.280. The topological polar surface area (TPSA) is 83.5 Å². The van der Waals surface area contributed by atoms with Gasteiger partial charge >= 0.3 is 12.1 Å². The monoisotopic (exact) mass is 361 g/mol. The number of likely N-dealkylation sites (N-methyl/N-ethyl adjacent to an activating group) is 1. The molecular weight excluding hydrogens is 330 g/mol. The van der Waals surface area contributed by atoms with Gasteiger partial charge in [0, 0.05) is 19.7 Å². The highest BCUT2D eigenvalue weighted by atomic mass is 16.6. The molecule has 0 bridgehead atoms. The summed E-state index contributed by atoms with van der Waals surface area (Å²) in [4.78, 5) is 23.9. The Morgan fingerprint density at radius 1 is 0.920 bits per heavy atom. The van der Waals surface area contributed by atoms with Crippen molar-refractivity contribution in [3.8, 4) is 0 Å².